The Labute approximate surface area is 172 Å². The monoisotopic (exact) mass is 442 g/mol. The van der Waals surface area contributed by atoms with E-state index in [4.69, 9.17) is 4.74 Å². The van der Waals surface area contributed by atoms with E-state index < -0.39 is 0 Å². The van der Waals surface area contributed by atoms with Crippen molar-refractivity contribution in [2.75, 3.05) is 7.11 Å². The average molecular weight is 443 g/mol. The van der Waals surface area contributed by atoms with E-state index in [2.05, 4.69) is 32.6 Å². The first kappa shape index (κ1) is 20.1. The lowest BCUT2D eigenvalue weighted by Gasteiger charge is -2.11. The molecule has 0 unspecified atom stereocenters. The third-order valence-electron chi connectivity index (χ3n) is 4.92. The van der Waals surface area contributed by atoms with Crippen molar-refractivity contribution in [2.24, 2.45) is 0 Å². The fourth-order valence-electron chi connectivity index (χ4n) is 3.33. The Morgan fingerprint density at radius 1 is 1.11 bits per heavy atom. The fraction of sp³-hybridized carbons (Fsp3) is 0.273. The van der Waals surface area contributed by atoms with Crippen LogP contribution in [-0.2, 0) is 19.5 Å². The number of halogens is 1. The molecule has 0 aliphatic rings. The number of rotatable bonds is 7. The summed E-state index contributed by atoms with van der Waals surface area (Å²) in [6, 6.07) is 13.1. The van der Waals surface area contributed by atoms with Crippen molar-refractivity contribution in [2.45, 2.75) is 33.4 Å². The SMILES string of the molecule is COc1ccc(CCn2c(C)cc(C(=O)Cn3cc(Br)ccc3=O)c2C)cc1. The number of benzene rings is 1. The Balaban J connectivity index is 1.75. The number of carbonyl (C=O) groups is 1. The minimum atomic E-state index is -0.190. The van der Waals surface area contributed by atoms with Crippen LogP contribution in [0.25, 0.3) is 0 Å². The molecule has 6 heteroatoms. The van der Waals surface area contributed by atoms with Crippen LogP contribution in [0.2, 0.25) is 0 Å². The summed E-state index contributed by atoms with van der Waals surface area (Å²) in [6.45, 7) is 4.77. The van der Waals surface area contributed by atoms with Gasteiger partial charge >= 0.3 is 0 Å². The number of pyridine rings is 1. The Hall–Kier alpha value is -2.60. The van der Waals surface area contributed by atoms with E-state index in [-0.39, 0.29) is 17.9 Å². The summed E-state index contributed by atoms with van der Waals surface area (Å²) in [5.41, 5.74) is 3.65. The molecule has 1 aromatic carbocycles. The zero-order valence-electron chi connectivity index (χ0n) is 16.2. The van der Waals surface area contributed by atoms with Crippen LogP contribution in [0, 0.1) is 13.8 Å². The molecule has 0 N–H and O–H groups in total. The van der Waals surface area contributed by atoms with Crippen molar-refractivity contribution in [3.05, 3.63) is 86.0 Å². The predicted octanol–water partition coefficient (Wildman–Crippen LogP) is 4.16. The molecule has 5 nitrogen and oxygen atoms in total. The lowest BCUT2D eigenvalue weighted by Crippen LogP contribution is -2.23. The molecular weight excluding hydrogens is 420 g/mol. The van der Waals surface area contributed by atoms with Crippen LogP contribution in [0.3, 0.4) is 0 Å². The number of Topliss-reactive ketones (excluding diaryl/α,β-unsaturated/α-hetero) is 1. The highest BCUT2D eigenvalue weighted by atomic mass is 79.9. The van der Waals surface area contributed by atoms with Crippen molar-refractivity contribution >= 4 is 21.7 Å². The molecule has 0 bridgehead atoms. The molecule has 3 aromatic rings. The summed E-state index contributed by atoms with van der Waals surface area (Å²) in [5, 5.41) is 0. The number of ketones is 1. The number of ether oxygens (including phenoxy) is 1. The maximum Gasteiger partial charge on any atom is 0.251 e. The van der Waals surface area contributed by atoms with E-state index in [1.54, 1.807) is 19.4 Å². The van der Waals surface area contributed by atoms with Gasteiger partial charge < -0.3 is 13.9 Å². The standard InChI is InChI=1S/C22H23BrN2O3/c1-15-12-20(21(26)14-24-13-18(23)6-9-22(24)27)16(2)25(15)11-10-17-4-7-19(28-3)8-5-17/h4-9,12-13H,10-11,14H2,1-3H3. The lowest BCUT2D eigenvalue weighted by atomic mass is 10.1. The third-order valence-corrected chi connectivity index (χ3v) is 5.39. The molecule has 0 radical (unpaired) electrons. The van der Waals surface area contributed by atoms with Gasteiger partial charge in [0.05, 0.1) is 13.7 Å². The second-order valence-corrected chi connectivity index (χ2v) is 7.69. The molecule has 0 aliphatic carbocycles. The predicted molar refractivity (Wildman–Crippen MR) is 113 cm³/mol. The van der Waals surface area contributed by atoms with E-state index in [9.17, 15) is 9.59 Å². The second kappa shape index (κ2) is 8.61. The summed E-state index contributed by atoms with van der Waals surface area (Å²) >= 11 is 3.34. The molecule has 0 amide bonds. The van der Waals surface area contributed by atoms with Gasteiger partial charge in [-0.15, -0.1) is 0 Å². The van der Waals surface area contributed by atoms with Gasteiger partial charge in [-0.3, -0.25) is 9.59 Å². The zero-order chi connectivity index (χ0) is 20.3. The summed E-state index contributed by atoms with van der Waals surface area (Å²) in [7, 11) is 1.66. The molecule has 0 atom stereocenters. The molecule has 3 rings (SSSR count). The maximum absolute atomic E-state index is 12.8. The van der Waals surface area contributed by atoms with Crippen LogP contribution < -0.4 is 10.3 Å². The third kappa shape index (κ3) is 4.44. The van der Waals surface area contributed by atoms with Crippen molar-refractivity contribution < 1.29 is 9.53 Å². The first-order chi connectivity index (χ1) is 13.4. The first-order valence-electron chi connectivity index (χ1n) is 9.08. The van der Waals surface area contributed by atoms with Crippen molar-refractivity contribution in [3.63, 3.8) is 0 Å². The Morgan fingerprint density at radius 3 is 2.50 bits per heavy atom. The Kier molecular flexibility index (Phi) is 6.19. The molecule has 2 heterocycles. The van der Waals surface area contributed by atoms with Crippen molar-refractivity contribution in [1.29, 1.82) is 0 Å². The number of nitrogens with zero attached hydrogens (tertiary/aromatic N) is 2. The molecule has 0 aliphatic heterocycles. The van der Waals surface area contributed by atoms with Gasteiger partial charge in [-0.05, 0) is 66.0 Å². The molecule has 146 valence electrons. The summed E-state index contributed by atoms with van der Waals surface area (Å²) in [6.07, 6.45) is 2.50. The Morgan fingerprint density at radius 2 is 1.82 bits per heavy atom. The molecule has 0 saturated carbocycles. The molecule has 2 aromatic heterocycles. The maximum atomic E-state index is 12.8. The Bertz CT molecular complexity index is 1050. The largest absolute Gasteiger partial charge is 0.497 e. The topological polar surface area (TPSA) is 53.2 Å². The molecular formula is C22H23BrN2O3. The molecule has 28 heavy (non-hydrogen) atoms. The van der Waals surface area contributed by atoms with E-state index in [1.165, 1.54) is 16.2 Å². The van der Waals surface area contributed by atoms with Gasteiger partial charge in [0.2, 0.25) is 0 Å². The minimum absolute atomic E-state index is 0.0288. The zero-order valence-corrected chi connectivity index (χ0v) is 17.8. The van der Waals surface area contributed by atoms with E-state index in [0.29, 0.717) is 5.56 Å². The van der Waals surface area contributed by atoms with Crippen LogP contribution in [0.5, 0.6) is 5.75 Å². The summed E-state index contributed by atoms with van der Waals surface area (Å²) in [5.74, 6) is 0.775. The molecule has 0 saturated heterocycles. The van der Waals surface area contributed by atoms with Gasteiger partial charge in [-0.25, -0.2) is 0 Å². The number of hydrogen-bond acceptors (Lipinski definition) is 3. The summed E-state index contributed by atoms with van der Waals surface area (Å²) in [4.78, 5) is 24.8. The highest BCUT2D eigenvalue weighted by molar-refractivity contribution is 9.10. The van der Waals surface area contributed by atoms with Crippen LogP contribution in [-0.4, -0.2) is 22.0 Å². The lowest BCUT2D eigenvalue weighted by molar-refractivity contribution is 0.0970. The summed E-state index contributed by atoms with van der Waals surface area (Å²) < 4.78 is 9.54. The van der Waals surface area contributed by atoms with Crippen molar-refractivity contribution in [1.82, 2.24) is 9.13 Å². The van der Waals surface area contributed by atoms with Gasteiger partial charge in [-0.1, -0.05) is 12.1 Å². The molecule has 0 spiro atoms. The smallest absolute Gasteiger partial charge is 0.251 e. The van der Waals surface area contributed by atoms with E-state index in [1.807, 2.05) is 32.0 Å². The van der Waals surface area contributed by atoms with Gasteiger partial charge in [0.15, 0.2) is 5.78 Å². The van der Waals surface area contributed by atoms with Crippen LogP contribution in [0.1, 0.15) is 27.3 Å². The minimum Gasteiger partial charge on any atom is -0.497 e. The quantitative estimate of drug-likeness (QED) is 0.516. The number of carbonyl (C=O) groups excluding carboxylic acids is 1. The van der Waals surface area contributed by atoms with E-state index in [0.717, 1.165) is 34.6 Å². The van der Waals surface area contributed by atoms with Gasteiger partial charge in [0.1, 0.15) is 5.75 Å². The molecule has 0 fully saturated rings. The number of methoxy groups -OCH3 is 1. The number of hydrogen-bond donors (Lipinski definition) is 0. The highest BCUT2D eigenvalue weighted by Crippen LogP contribution is 2.18. The van der Waals surface area contributed by atoms with Gasteiger partial charge in [0.25, 0.3) is 5.56 Å². The van der Waals surface area contributed by atoms with E-state index >= 15 is 0 Å². The van der Waals surface area contributed by atoms with Crippen LogP contribution in [0.4, 0.5) is 0 Å². The normalized spacial score (nSPS) is 10.9. The number of aryl methyl sites for hydroxylation is 2. The van der Waals surface area contributed by atoms with Gasteiger partial charge in [0, 0.05) is 40.2 Å². The van der Waals surface area contributed by atoms with Crippen molar-refractivity contribution in [3.8, 4) is 5.75 Å². The van der Waals surface area contributed by atoms with Crippen LogP contribution in [0.15, 0.2) is 57.9 Å². The second-order valence-electron chi connectivity index (χ2n) is 6.77. The number of aromatic nitrogens is 2. The van der Waals surface area contributed by atoms with Crippen LogP contribution >= 0.6 is 15.9 Å². The average Bonchev–Trinajstić information content (AvgIpc) is 2.97. The van der Waals surface area contributed by atoms with Gasteiger partial charge in [-0.2, -0.15) is 0 Å². The first-order valence-corrected chi connectivity index (χ1v) is 9.87. The fourth-order valence-corrected chi connectivity index (χ4v) is 3.71. The highest BCUT2D eigenvalue weighted by Gasteiger charge is 2.16.